The fourth-order valence-corrected chi connectivity index (χ4v) is 5.63. The van der Waals surface area contributed by atoms with Crippen LogP contribution in [0.25, 0.3) is 0 Å². The first-order valence-electron chi connectivity index (χ1n) is 10.6. The predicted octanol–water partition coefficient (Wildman–Crippen LogP) is 3.13. The van der Waals surface area contributed by atoms with Crippen molar-refractivity contribution in [3.05, 3.63) is 59.4 Å². The van der Waals surface area contributed by atoms with E-state index in [2.05, 4.69) is 10.6 Å². The van der Waals surface area contributed by atoms with E-state index in [9.17, 15) is 22.4 Å². The lowest BCUT2D eigenvalue weighted by Gasteiger charge is -2.34. The van der Waals surface area contributed by atoms with Crippen LogP contribution in [0.5, 0.6) is 0 Å². The molecule has 2 aromatic rings. The zero-order valence-corrected chi connectivity index (χ0v) is 19.0. The molecule has 2 amide bonds. The quantitative estimate of drug-likeness (QED) is 0.646. The van der Waals surface area contributed by atoms with Crippen molar-refractivity contribution in [2.24, 2.45) is 0 Å². The summed E-state index contributed by atoms with van der Waals surface area (Å²) in [6.45, 7) is 3.89. The lowest BCUT2D eigenvalue weighted by molar-refractivity contribution is -0.136. The first kappa shape index (κ1) is 23.9. The van der Waals surface area contributed by atoms with Crippen molar-refractivity contribution < 1.29 is 22.4 Å². The number of carbonyl (C=O) groups is 2. The molecular formula is C23H28FN3O4S. The Morgan fingerprint density at radius 1 is 1.06 bits per heavy atom. The minimum Gasteiger partial charge on any atom is -0.348 e. The van der Waals surface area contributed by atoms with Crippen molar-refractivity contribution in [2.45, 2.75) is 50.5 Å². The van der Waals surface area contributed by atoms with Gasteiger partial charge in [-0.05, 0) is 68.5 Å². The summed E-state index contributed by atoms with van der Waals surface area (Å²) in [5.41, 5.74) is 1.67. The molecule has 32 heavy (non-hydrogen) atoms. The van der Waals surface area contributed by atoms with Gasteiger partial charge in [0.25, 0.3) is 0 Å². The number of anilines is 1. The Labute approximate surface area is 188 Å². The Balaban J connectivity index is 1.60. The van der Waals surface area contributed by atoms with Crippen LogP contribution >= 0.6 is 0 Å². The molecule has 0 aromatic heterocycles. The van der Waals surface area contributed by atoms with Crippen LogP contribution in [0.1, 0.15) is 36.8 Å². The average molecular weight is 462 g/mol. The molecule has 3 rings (SSSR count). The van der Waals surface area contributed by atoms with Gasteiger partial charge >= 0.3 is 11.8 Å². The van der Waals surface area contributed by atoms with Gasteiger partial charge in [-0.3, -0.25) is 9.59 Å². The molecule has 0 bridgehead atoms. The van der Waals surface area contributed by atoms with Gasteiger partial charge in [0.2, 0.25) is 10.0 Å². The Hall–Kier alpha value is -2.78. The van der Waals surface area contributed by atoms with E-state index in [0.717, 1.165) is 24.5 Å². The smallest absolute Gasteiger partial charge is 0.313 e. The Bertz CT molecular complexity index is 1100. The van der Waals surface area contributed by atoms with Gasteiger partial charge in [0, 0.05) is 24.8 Å². The number of rotatable bonds is 6. The second-order valence-corrected chi connectivity index (χ2v) is 9.88. The lowest BCUT2D eigenvalue weighted by atomic mass is 10.0. The highest BCUT2D eigenvalue weighted by atomic mass is 32.2. The molecule has 172 valence electrons. The summed E-state index contributed by atoms with van der Waals surface area (Å²) in [6.07, 6.45) is 2.65. The summed E-state index contributed by atoms with van der Waals surface area (Å²) in [7, 11) is -3.79. The first-order chi connectivity index (χ1) is 15.2. The number of sulfonamides is 1. The van der Waals surface area contributed by atoms with E-state index in [1.54, 1.807) is 12.1 Å². The fraction of sp³-hybridized carbons (Fsp3) is 0.391. The molecule has 1 saturated heterocycles. The molecule has 0 radical (unpaired) electrons. The molecule has 9 heteroatoms. The van der Waals surface area contributed by atoms with Crippen molar-refractivity contribution in [3.63, 3.8) is 0 Å². The number of aryl methyl sites for hydroxylation is 2. The van der Waals surface area contributed by atoms with Gasteiger partial charge in [-0.2, -0.15) is 4.31 Å². The van der Waals surface area contributed by atoms with Crippen LogP contribution < -0.4 is 10.6 Å². The number of hydrogen-bond acceptors (Lipinski definition) is 4. The average Bonchev–Trinajstić information content (AvgIpc) is 2.77. The summed E-state index contributed by atoms with van der Waals surface area (Å²) in [5, 5.41) is 5.15. The molecule has 2 aromatic carbocycles. The molecular weight excluding hydrogens is 433 g/mol. The van der Waals surface area contributed by atoms with Crippen LogP contribution in [0.15, 0.2) is 47.4 Å². The number of benzene rings is 2. The maximum atomic E-state index is 13.6. The van der Waals surface area contributed by atoms with E-state index in [0.29, 0.717) is 25.1 Å². The second-order valence-electron chi connectivity index (χ2n) is 7.99. The predicted molar refractivity (Wildman–Crippen MR) is 120 cm³/mol. The van der Waals surface area contributed by atoms with Gasteiger partial charge in [-0.25, -0.2) is 12.8 Å². The third-order valence-electron chi connectivity index (χ3n) is 5.67. The monoisotopic (exact) mass is 461 g/mol. The number of carbonyl (C=O) groups excluding carboxylic acids is 2. The highest BCUT2D eigenvalue weighted by molar-refractivity contribution is 7.89. The van der Waals surface area contributed by atoms with Crippen LogP contribution in [-0.2, 0) is 19.6 Å². The van der Waals surface area contributed by atoms with Gasteiger partial charge in [-0.15, -0.1) is 0 Å². The fourth-order valence-electron chi connectivity index (χ4n) is 3.82. The van der Waals surface area contributed by atoms with Crippen molar-refractivity contribution in [3.8, 4) is 0 Å². The first-order valence-corrected chi connectivity index (χ1v) is 12.1. The van der Waals surface area contributed by atoms with Crippen LogP contribution in [0.4, 0.5) is 10.1 Å². The maximum Gasteiger partial charge on any atom is 0.313 e. The van der Waals surface area contributed by atoms with Crippen LogP contribution in [0.3, 0.4) is 0 Å². The van der Waals surface area contributed by atoms with Gasteiger partial charge in [0.1, 0.15) is 5.82 Å². The SMILES string of the molecule is Cc1cc(S(=O)(=O)N2CCCC[C@@H]2CCNC(=O)C(=O)Nc2ccccc2C)ccc1F. The van der Waals surface area contributed by atoms with E-state index < -0.39 is 27.7 Å². The molecule has 7 nitrogen and oxygen atoms in total. The molecule has 2 N–H and O–H groups in total. The summed E-state index contributed by atoms with van der Waals surface area (Å²) < 4.78 is 41.3. The van der Waals surface area contributed by atoms with Crippen molar-refractivity contribution >= 4 is 27.5 Å². The Morgan fingerprint density at radius 3 is 2.53 bits per heavy atom. The zero-order valence-electron chi connectivity index (χ0n) is 18.2. The molecule has 0 spiro atoms. The molecule has 1 fully saturated rings. The lowest BCUT2D eigenvalue weighted by Crippen LogP contribution is -2.45. The Kier molecular flexibility index (Phi) is 7.63. The highest BCUT2D eigenvalue weighted by Crippen LogP contribution is 2.27. The molecule has 1 aliphatic rings. The second kappa shape index (κ2) is 10.2. The molecule has 1 atom stereocenters. The van der Waals surface area contributed by atoms with Gasteiger partial charge in [-0.1, -0.05) is 24.6 Å². The highest BCUT2D eigenvalue weighted by Gasteiger charge is 2.33. The molecule has 0 aliphatic carbocycles. The van der Waals surface area contributed by atoms with Crippen LogP contribution in [0, 0.1) is 19.7 Å². The number of piperidine rings is 1. The van der Waals surface area contributed by atoms with Gasteiger partial charge in [0.15, 0.2) is 0 Å². The summed E-state index contributed by atoms with van der Waals surface area (Å²) in [6, 6.07) is 10.6. The van der Waals surface area contributed by atoms with Crippen molar-refractivity contribution in [1.82, 2.24) is 9.62 Å². The number of hydrogen-bond donors (Lipinski definition) is 2. The van der Waals surface area contributed by atoms with Crippen LogP contribution in [0.2, 0.25) is 0 Å². The minimum absolute atomic E-state index is 0.0601. The van der Waals surface area contributed by atoms with E-state index >= 15 is 0 Å². The van der Waals surface area contributed by atoms with Crippen molar-refractivity contribution in [2.75, 3.05) is 18.4 Å². The third-order valence-corrected chi connectivity index (χ3v) is 7.62. The number of amides is 2. The molecule has 0 unspecified atom stereocenters. The molecule has 0 saturated carbocycles. The van der Waals surface area contributed by atoms with E-state index in [1.165, 1.54) is 23.4 Å². The maximum absolute atomic E-state index is 13.6. The van der Waals surface area contributed by atoms with Gasteiger partial charge in [0.05, 0.1) is 4.90 Å². The van der Waals surface area contributed by atoms with E-state index in [-0.39, 0.29) is 23.0 Å². The summed E-state index contributed by atoms with van der Waals surface area (Å²) in [5.74, 6) is -1.99. The largest absolute Gasteiger partial charge is 0.348 e. The molecule has 1 aliphatic heterocycles. The Morgan fingerprint density at radius 2 is 1.81 bits per heavy atom. The van der Waals surface area contributed by atoms with Gasteiger partial charge < -0.3 is 10.6 Å². The van der Waals surface area contributed by atoms with Crippen LogP contribution in [-0.4, -0.2) is 43.7 Å². The van der Waals surface area contributed by atoms with E-state index in [4.69, 9.17) is 0 Å². The number of para-hydroxylation sites is 1. The van der Waals surface area contributed by atoms with Crippen molar-refractivity contribution in [1.29, 1.82) is 0 Å². The summed E-state index contributed by atoms with van der Waals surface area (Å²) >= 11 is 0. The number of nitrogens with one attached hydrogen (secondary N) is 2. The minimum atomic E-state index is -3.79. The normalized spacial score (nSPS) is 17.0. The third kappa shape index (κ3) is 5.52. The summed E-state index contributed by atoms with van der Waals surface area (Å²) in [4.78, 5) is 24.4. The van der Waals surface area contributed by atoms with E-state index in [1.807, 2.05) is 19.1 Å². The number of nitrogens with zero attached hydrogens (tertiary/aromatic N) is 1. The molecule has 1 heterocycles. The zero-order chi connectivity index (χ0) is 23.3. The standard InChI is InChI=1S/C23H28FN3O4S/c1-16-7-3-4-9-21(16)26-23(29)22(28)25-13-12-18-8-5-6-14-27(18)32(30,31)19-10-11-20(24)17(2)15-19/h3-4,7,9-11,15,18H,5-6,8,12-14H2,1-2H3,(H,25,28)(H,26,29)/t18-/m1/s1. The topological polar surface area (TPSA) is 95.6 Å². The number of halogens is 1.